The number of carbonyl (C=O) groups excluding carboxylic acids is 2. The van der Waals surface area contributed by atoms with Gasteiger partial charge in [0.2, 0.25) is 0 Å². The number of ether oxygens (including phenoxy) is 2. The van der Waals surface area contributed by atoms with Crippen LogP contribution in [0.25, 0.3) is 0 Å². The topological polar surface area (TPSA) is 82.4 Å². The van der Waals surface area contributed by atoms with E-state index < -0.39 is 11.9 Å². The number of aromatic nitrogens is 2. The van der Waals surface area contributed by atoms with Crippen molar-refractivity contribution in [2.24, 2.45) is 0 Å². The molecule has 3 aromatic rings. The SMILES string of the molecule is COc1ccc(NC(=O)COC(=O)c2c(C)nn(Cc3ccc(C)cc3)c2C)cc1. The van der Waals surface area contributed by atoms with Crippen LogP contribution in [0.3, 0.4) is 0 Å². The lowest BCUT2D eigenvalue weighted by atomic mass is 10.1. The molecule has 7 nitrogen and oxygen atoms in total. The third kappa shape index (κ3) is 5.05. The Morgan fingerprint density at radius 1 is 1.00 bits per heavy atom. The Morgan fingerprint density at radius 2 is 1.67 bits per heavy atom. The molecule has 0 radical (unpaired) electrons. The lowest BCUT2D eigenvalue weighted by molar-refractivity contribution is -0.119. The molecule has 1 amide bonds. The maximum absolute atomic E-state index is 12.6. The highest BCUT2D eigenvalue weighted by Crippen LogP contribution is 2.17. The summed E-state index contributed by atoms with van der Waals surface area (Å²) in [7, 11) is 1.57. The van der Waals surface area contributed by atoms with E-state index >= 15 is 0 Å². The summed E-state index contributed by atoms with van der Waals surface area (Å²) in [5.41, 5.74) is 4.53. The van der Waals surface area contributed by atoms with Gasteiger partial charge in [0.15, 0.2) is 6.61 Å². The van der Waals surface area contributed by atoms with E-state index in [9.17, 15) is 9.59 Å². The van der Waals surface area contributed by atoms with Gasteiger partial charge in [-0.3, -0.25) is 9.48 Å². The van der Waals surface area contributed by atoms with Crippen molar-refractivity contribution < 1.29 is 19.1 Å². The highest BCUT2D eigenvalue weighted by atomic mass is 16.5. The van der Waals surface area contributed by atoms with E-state index in [1.807, 2.05) is 38.1 Å². The average Bonchev–Trinajstić information content (AvgIpc) is 3.01. The Morgan fingerprint density at radius 3 is 2.30 bits per heavy atom. The molecule has 30 heavy (non-hydrogen) atoms. The van der Waals surface area contributed by atoms with Crippen molar-refractivity contribution >= 4 is 17.6 Å². The Labute approximate surface area is 175 Å². The number of anilines is 1. The zero-order chi connectivity index (χ0) is 21.7. The van der Waals surface area contributed by atoms with Gasteiger partial charge in [0, 0.05) is 5.69 Å². The fourth-order valence-corrected chi connectivity index (χ4v) is 3.09. The van der Waals surface area contributed by atoms with Gasteiger partial charge >= 0.3 is 5.97 Å². The van der Waals surface area contributed by atoms with E-state index in [0.29, 0.717) is 34.9 Å². The van der Waals surface area contributed by atoms with Crippen LogP contribution in [0, 0.1) is 20.8 Å². The van der Waals surface area contributed by atoms with Gasteiger partial charge in [0.05, 0.1) is 25.0 Å². The van der Waals surface area contributed by atoms with Crippen molar-refractivity contribution in [3.05, 3.63) is 76.6 Å². The number of carbonyl (C=O) groups is 2. The second-order valence-electron chi connectivity index (χ2n) is 7.04. The first-order chi connectivity index (χ1) is 14.4. The third-order valence-corrected chi connectivity index (χ3v) is 4.75. The quantitative estimate of drug-likeness (QED) is 0.605. The first kappa shape index (κ1) is 21.1. The minimum atomic E-state index is -0.565. The van der Waals surface area contributed by atoms with Crippen LogP contribution in [-0.4, -0.2) is 35.4 Å². The summed E-state index contributed by atoms with van der Waals surface area (Å²) in [5, 5.41) is 7.14. The van der Waals surface area contributed by atoms with E-state index in [4.69, 9.17) is 9.47 Å². The molecular formula is C23H25N3O4. The zero-order valence-corrected chi connectivity index (χ0v) is 17.6. The number of methoxy groups -OCH3 is 1. The van der Waals surface area contributed by atoms with Gasteiger partial charge < -0.3 is 14.8 Å². The molecule has 0 saturated heterocycles. The molecule has 2 aromatic carbocycles. The van der Waals surface area contributed by atoms with Crippen LogP contribution in [0.5, 0.6) is 5.75 Å². The van der Waals surface area contributed by atoms with Crippen LogP contribution in [-0.2, 0) is 16.1 Å². The standard InChI is InChI=1S/C23H25N3O4/c1-15-5-7-18(8-6-15)13-26-17(3)22(16(2)25-26)23(28)30-14-21(27)24-19-9-11-20(29-4)12-10-19/h5-12H,13-14H2,1-4H3,(H,24,27). The van der Waals surface area contributed by atoms with Crippen LogP contribution in [0.2, 0.25) is 0 Å². The van der Waals surface area contributed by atoms with E-state index in [1.165, 1.54) is 5.56 Å². The van der Waals surface area contributed by atoms with Crippen molar-refractivity contribution in [1.82, 2.24) is 9.78 Å². The maximum Gasteiger partial charge on any atom is 0.342 e. The number of aryl methyl sites for hydroxylation is 2. The second kappa shape index (κ2) is 9.26. The van der Waals surface area contributed by atoms with Crippen LogP contribution < -0.4 is 10.1 Å². The third-order valence-electron chi connectivity index (χ3n) is 4.75. The van der Waals surface area contributed by atoms with Crippen LogP contribution in [0.15, 0.2) is 48.5 Å². The van der Waals surface area contributed by atoms with Gasteiger partial charge in [0.25, 0.3) is 5.91 Å². The van der Waals surface area contributed by atoms with Crippen molar-refractivity contribution in [1.29, 1.82) is 0 Å². The van der Waals surface area contributed by atoms with E-state index in [0.717, 1.165) is 5.56 Å². The van der Waals surface area contributed by atoms with Crippen LogP contribution in [0.4, 0.5) is 5.69 Å². The Kier molecular flexibility index (Phi) is 6.51. The summed E-state index contributed by atoms with van der Waals surface area (Å²) in [6.07, 6.45) is 0. The van der Waals surface area contributed by atoms with Gasteiger partial charge in [-0.15, -0.1) is 0 Å². The molecule has 0 aliphatic heterocycles. The van der Waals surface area contributed by atoms with Gasteiger partial charge in [-0.2, -0.15) is 5.10 Å². The summed E-state index contributed by atoms with van der Waals surface area (Å²) in [6, 6.07) is 15.0. The summed E-state index contributed by atoms with van der Waals surface area (Å²) in [5.74, 6) is -0.297. The number of hydrogen-bond donors (Lipinski definition) is 1. The first-order valence-electron chi connectivity index (χ1n) is 9.58. The normalized spacial score (nSPS) is 10.5. The van der Waals surface area contributed by atoms with E-state index in [1.54, 1.807) is 43.0 Å². The van der Waals surface area contributed by atoms with Gasteiger partial charge in [-0.1, -0.05) is 29.8 Å². The predicted octanol–water partition coefficient (Wildman–Crippen LogP) is 3.66. The Balaban J connectivity index is 1.61. The molecule has 0 fully saturated rings. The molecule has 1 N–H and O–H groups in total. The number of rotatable bonds is 7. The number of esters is 1. The molecule has 1 aromatic heterocycles. The highest BCUT2D eigenvalue weighted by Gasteiger charge is 2.21. The minimum absolute atomic E-state index is 0.382. The van der Waals surface area contributed by atoms with Crippen molar-refractivity contribution in [3.8, 4) is 5.75 Å². The second-order valence-corrected chi connectivity index (χ2v) is 7.04. The monoisotopic (exact) mass is 407 g/mol. The largest absolute Gasteiger partial charge is 0.497 e. The van der Waals surface area contributed by atoms with E-state index in [-0.39, 0.29) is 6.61 Å². The molecule has 0 spiro atoms. The van der Waals surface area contributed by atoms with Crippen LogP contribution >= 0.6 is 0 Å². The fraction of sp³-hybridized carbons (Fsp3) is 0.261. The molecule has 0 aliphatic rings. The summed E-state index contributed by atoms with van der Waals surface area (Å²) >= 11 is 0. The molecule has 1 heterocycles. The molecule has 0 unspecified atom stereocenters. The van der Waals surface area contributed by atoms with Gasteiger partial charge in [-0.25, -0.2) is 4.79 Å². The molecule has 0 atom stereocenters. The fourth-order valence-electron chi connectivity index (χ4n) is 3.09. The van der Waals surface area contributed by atoms with Crippen molar-refractivity contribution in [2.45, 2.75) is 27.3 Å². The molecule has 0 bridgehead atoms. The number of benzene rings is 2. The molecule has 7 heteroatoms. The maximum atomic E-state index is 12.6. The van der Waals surface area contributed by atoms with Crippen molar-refractivity contribution in [3.63, 3.8) is 0 Å². The Hall–Kier alpha value is -3.61. The average molecular weight is 407 g/mol. The highest BCUT2D eigenvalue weighted by molar-refractivity contribution is 5.96. The lowest BCUT2D eigenvalue weighted by Crippen LogP contribution is -2.21. The van der Waals surface area contributed by atoms with Gasteiger partial charge in [0.1, 0.15) is 11.3 Å². The lowest BCUT2D eigenvalue weighted by Gasteiger charge is -2.08. The molecule has 0 saturated carbocycles. The smallest absolute Gasteiger partial charge is 0.342 e. The Bertz CT molecular complexity index is 1040. The first-order valence-corrected chi connectivity index (χ1v) is 9.58. The predicted molar refractivity (Wildman–Crippen MR) is 114 cm³/mol. The summed E-state index contributed by atoms with van der Waals surface area (Å²) in [4.78, 5) is 24.7. The molecular weight excluding hydrogens is 382 g/mol. The molecule has 3 rings (SSSR count). The number of amides is 1. The number of nitrogens with zero attached hydrogens (tertiary/aromatic N) is 2. The van der Waals surface area contributed by atoms with Gasteiger partial charge in [-0.05, 0) is 50.6 Å². The summed E-state index contributed by atoms with van der Waals surface area (Å²) in [6.45, 7) is 5.78. The number of hydrogen-bond acceptors (Lipinski definition) is 5. The molecule has 156 valence electrons. The molecule has 0 aliphatic carbocycles. The minimum Gasteiger partial charge on any atom is -0.497 e. The van der Waals surface area contributed by atoms with E-state index in [2.05, 4.69) is 10.4 Å². The van der Waals surface area contributed by atoms with Crippen LogP contribution in [0.1, 0.15) is 32.9 Å². The number of nitrogens with one attached hydrogen (secondary N) is 1. The summed E-state index contributed by atoms with van der Waals surface area (Å²) < 4.78 is 12.1. The van der Waals surface area contributed by atoms with Crippen molar-refractivity contribution in [2.75, 3.05) is 19.0 Å². The zero-order valence-electron chi connectivity index (χ0n) is 17.6.